The lowest BCUT2D eigenvalue weighted by Crippen LogP contribution is -2.25. The molecule has 1 aromatic carbocycles. The Labute approximate surface area is 120 Å². The highest BCUT2D eigenvalue weighted by molar-refractivity contribution is 14.1. The fourth-order valence-electron chi connectivity index (χ4n) is 1.04. The Morgan fingerprint density at radius 1 is 1.47 bits per heavy atom. The van der Waals surface area contributed by atoms with Crippen molar-refractivity contribution in [1.82, 2.24) is 5.32 Å². The van der Waals surface area contributed by atoms with Crippen molar-refractivity contribution >= 4 is 60.4 Å². The SMILES string of the molecule is O=C(NCCCBr)c1cc(I)ccc1Br. The average molecular weight is 447 g/mol. The molecule has 5 heteroatoms. The standard InChI is InChI=1S/C10H10Br2INO/c11-4-1-5-14-10(15)8-6-7(13)2-3-9(8)12/h2-3,6H,1,4-5H2,(H,14,15). The van der Waals surface area contributed by atoms with E-state index in [0.29, 0.717) is 12.1 Å². The molecule has 0 fully saturated rings. The van der Waals surface area contributed by atoms with Crippen LogP contribution in [-0.2, 0) is 0 Å². The van der Waals surface area contributed by atoms with Gasteiger partial charge in [-0.05, 0) is 63.1 Å². The predicted octanol–water partition coefficient (Wildman–Crippen LogP) is 3.57. The molecule has 2 nitrogen and oxygen atoms in total. The first-order chi connectivity index (χ1) is 7.15. The number of amides is 1. The molecule has 0 unspecified atom stereocenters. The summed E-state index contributed by atoms with van der Waals surface area (Å²) in [5, 5.41) is 3.77. The van der Waals surface area contributed by atoms with E-state index >= 15 is 0 Å². The van der Waals surface area contributed by atoms with Gasteiger partial charge >= 0.3 is 0 Å². The molecule has 0 aliphatic carbocycles. The first kappa shape index (κ1) is 13.4. The number of carbonyl (C=O) groups is 1. The summed E-state index contributed by atoms with van der Waals surface area (Å²) in [4.78, 5) is 11.7. The van der Waals surface area contributed by atoms with Crippen LogP contribution in [0.1, 0.15) is 16.8 Å². The zero-order chi connectivity index (χ0) is 11.3. The van der Waals surface area contributed by atoms with Crippen LogP contribution in [0, 0.1) is 3.57 Å². The van der Waals surface area contributed by atoms with Gasteiger partial charge in [0.25, 0.3) is 5.91 Å². The van der Waals surface area contributed by atoms with Gasteiger partial charge in [-0.1, -0.05) is 15.9 Å². The second kappa shape index (κ2) is 6.85. The van der Waals surface area contributed by atoms with E-state index in [1.807, 2.05) is 18.2 Å². The minimum absolute atomic E-state index is 0.0265. The lowest BCUT2D eigenvalue weighted by atomic mass is 10.2. The Morgan fingerprint density at radius 2 is 2.20 bits per heavy atom. The van der Waals surface area contributed by atoms with Gasteiger partial charge in [-0.25, -0.2) is 0 Å². The van der Waals surface area contributed by atoms with Crippen molar-refractivity contribution in [1.29, 1.82) is 0 Å². The topological polar surface area (TPSA) is 29.1 Å². The number of halogens is 3. The fraction of sp³-hybridized carbons (Fsp3) is 0.300. The maximum atomic E-state index is 11.7. The third-order valence-corrected chi connectivity index (χ3v) is 3.69. The second-order valence-corrected chi connectivity index (χ2v) is 5.82. The predicted molar refractivity (Wildman–Crippen MR) is 77.6 cm³/mol. The van der Waals surface area contributed by atoms with E-state index < -0.39 is 0 Å². The maximum Gasteiger partial charge on any atom is 0.252 e. The van der Waals surface area contributed by atoms with E-state index in [0.717, 1.165) is 19.8 Å². The smallest absolute Gasteiger partial charge is 0.252 e. The summed E-state index contributed by atoms with van der Waals surface area (Å²) in [6, 6.07) is 5.72. The molecule has 0 spiro atoms. The van der Waals surface area contributed by atoms with Crippen molar-refractivity contribution in [2.75, 3.05) is 11.9 Å². The zero-order valence-electron chi connectivity index (χ0n) is 7.90. The highest BCUT2D eigenvalue weighted by Gasteiger charge is 2.09. The van der Waals surface area contributed by atoms with Gasteiger partial charge in [0, 0.05) is 19.9 Å². The summed E-state index contributed by atoms with van der Waals surface area (Å²) in [6.07, 6.45) is 0.938. The normalized spacial score (nSPS) is 10.1. The fourth-order valence-corrected chi connectivity index (χ4v) is 2.23. The van der Waals surface area contributed by atoms with Crippen molar-refractivity contribution in [2.24, 2.45) is 0 Å². The molecular weight excluding hydrogens is 437 g/mol. The second-order valence-electron chi connectivity index (χ2n) is 2.92. The van der Waals surface area contributed by atoms with Crippen LogP contribution in [0.5, 0.6) is 0 Å². The quantitative estimate of drug-likeness (QED) is 0.427. The number of hydrogen-bond donors (Lipinski definition) is 1. The Morgan fingerprint density at radius 3 is 2.87 bits per heavy atom. The molecule has 82 valence electrons. The summed E-state index contributed by atoms with van der Waals surface area (Å²) in [6.45, 7) is 0.696. The van der Waals surface area contributed by atoms with Crippen LogP contribution >= 0.6 is 54.5 Å². The van der Waals surface area contributed by atoms with Crippen LogP contribution in [0.4, 0.5) is 0 Å². The largest absolute Gasteiger partial charge is 0.352 e. The van der Waals surface area contributed by atoms with Gasteiger partial charge in [0.15, 0.2) is 0 Å². The van der Waals surface area contributed by atoms with Crippen molar-refractivity contribution in [3.8, 4) is 0 Å². The molecule has 0 aromatic heterocycles. The molecule has 1 aromatic rings. The number of rotatable bonds is 4. The van der Waals surface area contributed by atoms with E-state index in [1.54, 1.807) is 0 Å². The minimum atomic E-state index is -0.0265. The zero-order valence-corrected chi connectivity index (χ0v) is 13.2. The first-order valence-electron chi connectivity index (χ1n) is 4.44. The van der Waals surface area contributed by atoms with Crippen LogP contribution in [0.15, 0.2) is 22.7 Å². The summed E-state index contributed by atoms with van der Waals surface area (Å²) < 4.78 is 1.89. The molecule has 0 heterocycles. The molecule has 0 saturated heterocycles. The number of nitrogens with one attached hydrogen (secondary N) is 1. The van der Waals surface area contributed by atoms with Crippen molar-refractivity contribution in [3.05, 3.63) is 31.8 Å². The highest BCUT2D eigenvalue weighted by atomic mass is 127. The van der Waals surface area contributed by atoms with Crippen LogP contribution in [0.2, 0.25) is 0 Å². The molecule has 1 rings (SSSR count). The molecule has 0 saturated carbocycles. The summed E-state index contributed by atoms with van der Waals surface area (Å²) in [5.41, 5.74) is 0.691. The van der Waals surface area contributed by atoms with Crippen molar-refractivity contribution < 1.29 is 4.79 Å². The van der Waals surface area contributed by atoms with E-state index in [2.05, 4.69) is 59.8 Å². The van der Waals surface area contributed by atoms with Crippen molar-refractivity contribution in [2.45, 2.75) is 6.42 Å². The van der Waals surface area contributed by atoms with Gasteiger partial charge < -0.3 is 5.32 Å². The number of benzene rings is 1. The van der Waals surface area contributed by atoms with Crippen LogP contribution in [-0.4, -0.2) is 17.8 Å². The summed E-state index contributed by atoms with van der Waals surface area (Å²) in [5.74, 6) is -0.0265. The van der Waals surface area contributed by atoms with Gasteiger partial charge in [-0.2, -0.15) is 0 Å². The molecule has 15 heavy (non-hydrogen) atoms. The Hall–Kier alpha value is 0.380. The number of alkyl halides is 1. The molecule has 0 bridgehead atoms. The Balaban J connectivity index is 2.68. The van der Waals surface area contributed by atoms with Gasteiger partial charge in [0.1, 0.15) is 0 Å². The van der Waals surface area contributed by atoms with Gasteiger partial charge in [-0.3, -0.25) is 4.79 Å². The van der Waals surface area contributed by atoms with E-state index in [4.69, 9.17) is 0 Å². The van der Waals surface area contributed by atoms with Gasteiger partial charge in [0.2, 0.25) is 0 Å². The Kier molecular flexibility index (Phi) is 6.14. The van der Waals surface area contributed by atoms with Gasteiger partial charge in [0.05, 0.1) is 5.56 Å². The third kappa shape index (κ3) is 4.40. The van der Waals surface area contributed by atoms with Crippen LogP contribution in [0.25, 0.3) is 0 Å². The van der Waals surface area contributed by atoms with Gasteiger partial charge in [-0.15, -0.1) is 0 Å². The minimum Gasteiger partial charge on any atom is -0.352 e. The van der Waals surface area contributed by atoms with Crippen LogP contribution < -0.4 is 5.32 Å². The van der Waals surface area contributed by atoms with E-state index in [9.17, 15) is 4.79 Å². The molecule has 0 atom stereocenters. The lowest BCUT2D eigenvalue weighted by Gasteiger charge is -2.06. The van der Waals surface area contributed by atoms with Crippen LogP contribution in [0.3, 0.4) is 0 Å². The maximum absolute atomic E-state index is 11.7. The Bertz CT molecular complexity index is 357. The summed E-state index contributed by atoms with van der Waals surface area (Å²) >= 11 is 8.88. The highest BCUT2D eigenvalue weighted by Crippen LogP contribution is 2.19. The molecule has 1 N–H and O–H groups in total. The van der Waals surface area contributed by atoms with E-state index in [1.165, 1.54) is 0 Å². The average Bonchev–Trinajstić information content (AvgIpc) is 2.22. The third-order valence-electron chi connectivity index (χ3n) is 1.77. The van der Waals surface area contributed by atoms with Crippen molar-refractivity contribution in [3.63, 3.8) is 0 Å². The monoisotopic (exact) mass is 445 g/mol. The first-order valence-corrected chi connectivity index (χ1v) is 7.43. The lowest BCUT2D eigenvalue weighted by molar-refractivity contribution is 0.0953. The molecule has 1 amide bonds. The van der Waals surface area contributed by atoms with E-state index in [-0.39, 0.29) is 5.91 Å². The molecular formula is C10H10Br2INO. The molecule has 0 aliphatic heterocycles. The molecule has 0 radical (unpaired) electrons. The summed E-state index contributed by atoms with van der Waals surface area (Å²) in [7, 11) is 0. The number of hydrogen-bond acceptors (Lipinski definition) is 1. The molecule has 0 aliphatic rings. The number of carbonyl (C=O) groups excluding carboxylic acids is 1.